The summed E-state index contributed by atoms with van der Waals surface area (Å²) in [7, 11) is 3.06. The first kappa shape index (κ1) is 17.2. The van der Waals surface area contributed by atoms with E-state index in [1.54, 1.807) is 55.6 Å². The predicted octanol–water partition coefficient (Wildman–Crippen LogP) is 2.37. The highest BCUT2D eigenvalue weighted by Crippen LogP contribution is 2.24. The lowest BCUT2D eigenvalue weighted by Crippen LogP contribution is -2.54. The highest BCUT2D eigenvalue weighted by Gasteiger charge is 2.36. The maximum absolute atomic E-state index is 12.7. The molecule has 7 heteroatoms. The van der Waals surface area contributed by atoms with Gasteiger partial charge in [0.25, 0.3) is 11.8 Å². The Hall–Kier alpha value is -3.61. The van der Waals surface area contributed by atoms with Crippen LogP contribution in [0.25, 0.3) is 6.08 Å². The summed E-state index contributed by atoms with van der Waals surface area (Å²) in [6.07, 6.45) is 1.43. The zero-order chi connectivity index (χ0) is 18.7. The van der Waals surface area contributed by atoms with Crippen LogP contribution in [-0.4, -0.2) is 32.1 Å². The molecule has 3 rings (SSSR count). The molecule has 0 aromatic heterocycles. The van der Waals surface area contributed by atoms with Crippen molar-refractivity contribution >= 4 is 29.6 Å². The van der Waals surface area contributed by atoms with E-state index in [2.05, 4.69) is 5.32 Å². The third-order valence-corrected chi connectivity index (χ3v) is 3.86. The van der Waals surface area contributed by atoms with Crippen LogP contribution in [0.5, 0.6) is 11.5 Å². The van der Waals surface area contributed by atoms with Gasteiger partial charge in [-0.05, 0) is 48.0 Å². The first-order chi connectivity index (χ1) is 12.5. The van der Waals surface area contributed by atoms with Crippen molar-refractivity contribution in [3.8, 4) is 11.5 Å². The summed E-state index contributed by atoms with van der Waals surface area (Å²) < 4.78 is 10.1. The second-order valence-corrected chi connectivity index (χ2v) is 5.43. The van der Waals surface area contributed by atoms with Gasteiger partial charge in [-0.2, -0.15) is 0 Å². The van der Waals surface area contributed by atoms with Crippen LogP contribution in [0.15, 0.2) is 54.1 Å². The second kappa shape index (κ2) is 7.10. The first-order valence-corrected chi connectivity index (χ1v) is 7.73. The number of anilines is 1. The predicted molar refractivity (Wildman–Crippen MR) is 95.0 cm³/mol. The van der Waals surface area contributed by atoms with Gasteiger partial charge in [0.05, 0.1) is 19.9 Å². The van der Waals surface area contributed by atoms with Crippen molar-refractivity contribution in [1.29, 1.82) is 0 Å². The smallest absolute Gasteiger partial charge is 0.335 e. The average molecular weight is 352 g/mol. The molecule has 0 unspecified atom stereocenters. The molecule has 26 heavy (non-hydrogen) atoms. The molecule has 0 spiro atoms. The minimum atomic E-state index is -0.794. The van der Waals surface area contributed by atoms with Crippen LogP contribution in [-0.2, 0) is 9.59 Å². The molecular weight excluding hydrogens is 336 g/mol. The van der Waals surface area contributed by atoms with Gasteiger partial charge in [-0.1, -0.05) is 12.1 Å². The van der Waals surface area contributed by atoms with Crippen molar-refractivity contribution in [2.24, 2.45) is 0 Å². The SMILES string of the molecule is COc1ccc(C=C2C(=O)NC(=O)N(c3ccc(OC)cc3)C2=O)cc1. The Morgan fingerprint density at radius 2 is 1.38 bits per heavy atom. The number of hydrogen-bond donors (Lipinski definition) is 1. The molecule has 0 saturated carbocycles. The van der Waals surface area contributed by atoms with Gasteiger partial charge in [0.15, 0.2) is 0 Å². The Balaban J connectivity index is 1.95. The van der Waals surface area contributed by atoms with Crippen LogP contribution >= 0.6 is 0 Å². The molecule has 1 N–H and O–H groups in total. The van der Waals surface area contributed by atoms with Crippen molar-refractivity contribution in [3.05, 3.63) is 59.7 Å². The van der Waals surface area contributed by atoms with Gasteiger partial charge in [-0.3, -0.25) is 14.9 Å². The lowest BCUT2D eigenvalue weighted by Gasteiger charge is -2.26. The molecule has 0 radical (unpaired) electrons. The highest BCUT2D eigenvalue weighted by molar-refractivity contribution is 6.39. The number of carbonyl (C=O) groups excluding carboxylic acids is 3. The van der Waals surface area contributed by atoms with Crippen molar-refractivity contribution in [3.63, 3.8) is 0 Å². The van der Waals surface area contributed by atoms with E-state index in [1.807, 2.05) is 0 Å². The number of imide groups is 2. The quantitative estimate of drug-likeness (QED) is 0.674. The third kappa shape index (κ3) is 3.27. The maximum atomic E-state index is 12.7. The number of nitrogens with zero attached hydrogens (tertiary/aromatic N) is 1. The fraction of sp³-hybridized carbons (Fsp3) is 0.105. The lowest BCUT2D eigenvalue weighted by atomic mass is 10.1. The zero-order valence-corrected chi connectivity index (χ0v) is 14.2. The lowest BCUT2D eigenvalue weighted by molar-refractivity contribution is -0.122. The number of urea groups is 1. The molecule has 4 amide bonds. The van der Waals surface area contributed by atoms with E-state index in [9.17, 15) is 14.4 Å². The van der Waals surface area contributed by atoms with E-state index in [4.69, 9.17) is 9.47 Å². The Labute approximate surface area is 149 Å². The Morgan fingerprint density at radius 3 is 1.92 bits per heavy atom. The number of nitrogens with one attached hydrogen (secondary N) is 1. The highest BCUT2D eigenvalue weighted by atomic mass is 16.5. The van der Waals surface area contributed by atoms with Crippen molar-refractivity contribution < 1.29 is 23.9 Å². The Bertz CT molecular complexity index is 885. The van der Waals surface area contributed by atoms with E-state index >= 15 is 0 Å². The van der Waals surface area contributed by atoms with Gasteiger partial charge in [0, 0.05) is 0 Å². The molecule has 1 saturated heterocycles. The van der Waals surface area contributed by atoms with Crippen molar-refractivity contribution in [1.82, 2.24) is 5.32 Å². The molecule has 1 aliphatic rings. The maximum Gasteiger partial charge on any atom is 0.335 e. The number of carbonyl (C=O) groups is 3. The van der Waals surface area contributed by atoms with E-state index in [0.29, 0.717) is 22.7 Å². The van der Waals surface area contributed by atoms with Crippen molar-refractivity contribution in [2.75, 3.05) is 19.1 Å². The molecule has 7 nitrogen and oxygen atoms in total. The van der Waals surface area contributed by atoms with Gasteiger partial charge in [-0.15, -0.1) is 0 Å². The van der Waals surface area contributed by atoms with Crippen LogP contribution in [0, 0.1) is 0 Å². The summed E-state index contributed by atoms with van der Waals surface area (Å²) in [5.41, 5.74) is 0.834. The minimum Gasteiger partial charge on any atom is -0.497 e. The van der Waals surface area contributed by atoms with E-state index in [1.165, 1.54) is 13.2 Å². The molecule has 1 aliphatic heterocycles. The van der Waals surface area contributed by atoms with Gasteiger partial charge in [-0.25, -0.2) is 9.69 Å². The number of hydrogen-bond acceptors (Lipinski definition) is 5. The zero-order valence-electron chi connectivity index (χ0n) is 14.2. The molecule has 2 aromatic rings. The molecule has 1 heterocycles. The molecule has 0 atom stereocenters. The number of benzene rings is 2. The van der Waals surface area contributed by atoms with Gasteiger partial charge < -0.3 is 9.47 Å². The number of methoxy groups -OCH3 is 2. The minimum absolute atomic E-state index is 0.134. The normalized spacial score (nSPS) is 15.8. The molecule has 0 bridgehead atoms. The largest absolute Gasteiger partial charge is 0.497 e. The van der Waals surface area contributed by atoms with Crippen molar-refractivity contribution in [2.45, 2.75) is 0 Å². The molecular formula is C19H16N2O5. The third-order valence-electron chi connectivity index (χ3n) is 3.86. The summed E-state index contributed by atoms with van der Waals surface area (Å²) in [4.78, 5) is 37.9. The monoisotopic (exact) mass is 352 g/mol. The summed E-state index contributed by atoms with van der Waals surface area (Å²) in [6, 6.07) is 12.4. The number of amides is 4. The molecule has 132 valence electrons. The summed E-state index contributed by atoms with van der Waals surface area (Å²) in [5.74, 6) is -0.189. The van der Waals surface area contributed by atoms with E-state index < -0.39 is 17.8 Å². The summed E-state index contributed by atoms with van der Waals surface area (Å²) in [6.45, 7) is 0. The standard InChI is InChI=1S/C19H16N2O5/c1-25-14-7-3-12(4-8-14)11-16-17(22)20-19(24)21(18(16)23)13-5-9-15(26-2)10-6-13/h3-11H,1-2H3,(H,20,22,24). The summed E-state index contributed by atoms with van der Waals surface area (Å²) >= 11 is 0. The van der Waals surface area contributed by atoms with E-state index in [0.717, 1.165) is 4.90 Å². The van der Waals surface area contributed by atoms with Crippen LogP contribution in [0.1, 0.15) is 5.56 Å². The van der Waals surface area contributed by atoms with Crippen LogP contribution in [0.2, 0.25) is 0 Å². The first-order valence-electron chi connectivity index (χ1n) is 7.73. The Morgan fingerprint density at radius 1 is 0.846 bits per heavy atom. The topological polar surface area (TPSA) is 84.9 Å². The fourth-order valence-electron chi connectivity index (χ4n) is 2.49. The van der Waals surface area contributed by atoms with Crippen LogP contribution in [0.4, 0.5) is 10.5 Å². The average Bonchev–Trinajstić information content (AvgIpc) is 2.66. The molecule has 1 fully saturated rings. The van der Waals surface area contributed by atoms with E-state index in [-0.39, 0.29) is 5.57 Å². The fourth-order valence-corrected chi connectivity index (χ4v) is 2.49. The summed E-state index contributed by atoms with van der Waals surface area (Å²) in [5, 5.41) is 2.18. The molecule has 2 aromatic carbocycles. The van der Waals surface area contributed by atoms with Gasteiger partial charge in [0.1, 0.15) is 17.1 Å². The van der Waals surface area contributed by atoms with Gasteiger partial charge in [0.2, 0.25) is 0 Å². The van der Waals surface area contributed by atoms with Gasteiger partial charge >= 0.3 is 6.03 Å². The van der Waals surface area contributed by atoms with Crippen LogP contribution < -0.4 is 19.7 Å². The number of barbiturate groups is 1. The molecule has 0 aliphatic carbocycles. The number of rotatable bonds is 4. The Kier molecular flexibility index (Phi) is 4.70. The number of ether oxygens (including phenoxy) is 2. The second-order valence-electron chi connectivity index (χ2n) is 5.43. The van der Waals surface area contributed by atoms with Crippen LogP contribution in [0.3, 0.4) is 0 Å².